The van der Waals surface area contributed by atoms with E-state index in [-0.39, 0.29) is 29.7 Å². The van der Waals surface area contributed by atoms with Gasteiger partial charge >= 0.3 is 0 Å². The molecule has 112 valence electrons. The van der Waals surface area contributed by atoms with Gasteiger partial charge in [0.2, 0.25) is 5.89 Å². The van der Waals surface area contributed by atoms with Crippen molar-refractivity contribution in [1.82, 2.24) is 15.0 Å². The summed E-state index contributed by atoms with van der Waals surface area (Å²) in [5.41, 5.74) is 0.969. The first kappa shape index (κ1) is 13.5. The van der Waals surface area contributed by atoms with Crippen LogP contribution >= 0.6 is 11.6 Å². The van der Waals surface area contributed by atoms with Crippen LogP contribution in [-0.2, 0) is 5.88 Å². The lowest BCUT2D eigenvalue weighted by Crippen LogP contribution is -2.46. The zero-order valence-corrected chi connectivity index (χ0v) is 12.3. The molecule has 0 radical (unpaired) electrons. The van der Waals surface area contributed by atoms with Crippen molar-refractivity contribution in [3.8, 4) is 0 Å². The van der Waals surface area contributed by atoms with Crippen LogP contribution in [0.1, 0.15) is 51.2 Å². The van der Waals surface area contributed by atoms with Gasteiger partial charge in [0.25, 0.3) is 11.8 Å². The van der Waals surface area contributed by atoms with E-state index in [1.807, 2.05) is 0 Å². The minimum atomic E-state index is -0.212. The Hall–Kier alpha value is -2.21. The molecule has 1 saturated carbocycles. The summed E-state index contributed by atoms with van der Waals surface area (Å²) in [7, 11) is 0. The minimum absolute atomic E-state index is 0.0822. The van der Waals surface area contributed by atoms with Crippen molar-refractivity contribution in [2.24, 2.45) is 0 Å². The molecule has 1 aromatic carbocycles. The number of hydrogen-bond acceptors (Lipinski definition) is 5. The highest BCUT2D eigenvalue weighted by Gasteiger charge is 2.46. The Morgan fingerprint density at radius 3 is 2.36 bits per heavy atom. The fraction of sp³-hybridized carbons (Fsp3) is 0.333. The van der Waals surface area contributed by atoms with E-state index in [0.29, 0.717) is 35.7 Å². The quantitative estimate of drug-likeness (QED) is 0.641. The molecule has 0 atom stereocenters. The number of imide groups is 1. The second kappa shape index (κ2) is 4.91. The van der Waals surface area contributed by atoms with Gasteiger partial charge in [-0.1, -0.05) is 17.3 Å². The number of carbonyl (C=O) groups excluding carboxylic acids is 2. The molecule has 4 rings (SSSR count). The van der Waals surface area contributed by atoms with E-state index in [9.17, 15) is 9.59 Å². The van der Waals surface area contributed by atoms with E-state index in [1.54, 1.807) is 24.3 Å². The zero-order chi connectivity index (χ0) is 15.3. The summed E-state index contributed by atoms with van der Waals surface area (Å²) in [5.74, 6) is 0.855. The standard InChI is InChI=1S/C15H12ClN3O3/c16-7-12-17-13(22-18-12)8-5-9(6-8)19-14(20)10-3-1-2-4-11(10)15(19)21/h1-4,8-9H,5-7H2. The predicted molar refractivity (Wildman–Crippen MR) is 76.6 cm³/mol. The highest BCUT2D eigenvalue weighted by molar-refractivity contribution is 6.21. The lowest BCUT2D eigenvalue weighted by Gasteiger charge is -2.38. The smallest absolute Gasteiger partial charge is 0.261 e. The third-order valence-corrected chi connectivity index (χ3v) is 4.50. The number of benzene rings is 1. The molecule has 1 aliphatic heterocycles. The highest BCUT2D eigenvalue weighted by Crippen LogP contribution is 2.41. The fourth-order valence-corrected chi connectivity index (χ4v) is 3.14. The van der Waals surface area contributed by atoms with E-state index in [1.165, 1.54) is 4.90 Å². The first-order valence-electron chi connectivity index (χ1n) is 7.04. The van der Waals surface area contributed by atoms with Crippen LogP contribution in [0.4, 0.5) is 0 Å². The monoisotopic (exact) mass is 317 g/mol. The molecule has 6 nitrogen and oxygen atoms in total. The van der Waals surface area contributed by atoms with E-state index in [0.717, 1.165) is 0 Å². The summed E-state index contributed by atoms with van der Waals surface area (Å²) >= 11 is 5.65. The second-order valence-electron chi connectivity index (χ2n) is 5.53. The molecular weight excluding hydrogens is 306 g/mol. The maximum absolute atomic E-state index is 12.4. The number of halogens is 1. The molecule has 1 fully saturated rings. The largest absolute Gasteiger partial charge is 0.339 e. The molecule has 0 unspecified atom stereocenters. The molecule has 22 heavy (non-hydrogen) atoms. The van der Waals surface area contributed by atoms with Crippen molar-refractivity contribution < 1.29 is 14.1 Å². The Morgan fingerprint density at radius 1 is 1.18 bits per heavy atom. The van der Waals surface area contributed by atoms with Crippen LogP contribution in [0.2, 0.25) is 0 Å². The highest BCUT2D eigenvalue weighted by atomic mass is 35.5. The molecule has 0 N–H and O–H groups in total. The Balaban J connectivity index is 1.50. The van der Waals surface area contributed by atoms with E-state index < -0.39 is 0 Å². The van der Waals surface area contributed by atoms with E-state index in [2.05, 4.69) is 10.1 Å². The molecule has 0 spiro atoms. The SMILES string of the molecule is O=C1c2ccccc2C(=O)N1C1CC(c2nc(CCl)no2)C1. The molecular formula is C15H12ClN3O3. The topological polar surface area (TPSA) is 76.3 Å². The van der Waals surface area contributed by atoms with Crippen LogP contribution in [0.3, 0.4) is 0 Å². The number of alkyl halides is 1. The fourth-order valence-electron chi connectivity index (χ4n) is 3.03. The number of amides is 2. The lowest BCUT2D eigenvalue weighted by atomic mass is 9.79. The van der Waals surface area contributed by atoms with Crippen LogP contribution in [0, 0.1) is 0 Å². The van der Waals surface area contributed by atoms with Gasteiger partial charge in [-0.05, 0) is 25.0 Å². The molecule has 0 bridgehead atoms. The van der Waals surface area contributed by atoms with Gasteiger partial charge < -0.3 is 4.52 Å². The van der Waals surface area contributed by atoms with Gasteiger partial charge in [-0.15, -0.1) is 11.6 Å². The zero-order valence-electron chi connectivity index (χ0n) is 11.5. The summed E-state index contributed by atoms with van der Waals surface area (Å²) in [5, 5.41) is 3.76. The van der Waals surface area contributed by atoms with Crippen LogP contribution in [0.15, 0.2) is 28.8 Å². The molecule has 2 heterocycles. The summed E-state index contributed by atoms with van der Waals surface area (Å²) in [6, 6.07) is 6.81. The summed E-state index contributed by atoms with van der Waals surface area (Å²) in [4.78, 5) is 30.3. The van der Waals surface area contributed by atoms with Crippen LogP contribution in [-0.4, -0.2) is 32.9 Å². The third kappa shape index (κ3) is 1.87. The van der Waals surface area contributed by atoms with E-state index >= 15 is 0 Å². The van der Waals surface area contributed by atoms with Gasteiger partial charge in [0.15, 0.2) is 5.82 Å². The van der Waals surface area contributed by atoms with Crippen LogP contribution < -0.4 is 0 Å². The third-order valence-electron chi connectivity index (χ3n) is 4.26. The normalized spacial score (nSPS) is 23.6. The molecule has 1 aliphatic carbocycles. The first-order valence-corrected chi connectivity index (χ1v) is 7.58. The van der Waals surface area contributed by atoms with Gasteiger partial charge in [0.05, 0.1) is 17.0 Å². The van der Waals surface area contributed by atoms with Crippen molar-refractivity contribution in [2.75, 3.05) is 0 Å². The van der Waals surface area contributed by atoms with Crippen LogP contribution in [0.5, 0.6) is 0 Å². The van der Waals surface area contributed by atoms with Crippen molar-refractivity contribution in [1.29, 1.82) is 0 Å². The number of aromatic nitrogens is 2. The average Bonchev–Trinajstić information content (AvgIpc) is 3.05. The van der Waals surface area contributed by atoms with E-state index in [4.69, 9.17) is 16.1 Å². The Bertz CT molecular complexity index is 732. The van der Waals surface area contributed by atoms with Gasteiger partial charge in [0, 0.05) is 12.0 Å². The number of rotatable bonds is 3. The molecule has 7 heteroatoms. The number of carbonyl (C=O) groups is 2. The number of fused-ring (bicyclic) bond motifs is 1. The van der Waals surface area contributed by atoms with Gasteiger partial charge in [0.1, 0.15) is 0 Å². The Kier molecular flexibility index (Phi) is 3.00. The maximum Gasteiger partial charge on any atom is 0.261 e. The average molecular weight is 318 g/mol. The minimum Gasteiger partial charge on any atom is -0.339 e. The van der Waals surface area contributed by atoms with Crippen molar-refractivity contribution in [2.45, 2.75) is 30.7 Å². The molecule has 1 aromatic heterocycles. The summed E-state index contributed by atoms with van der Waals surface area (Å²) in [6.45, 7) is 0. The maximum atomic E-state index is 12.4. The van der Waals surface area contributed by atoms with Gasteiger partial charge in [-0.2, -0.15) is 4.98 Å². The lowest BCUT2D eigenvalue weighted by molar-refractivity contribution is 0.0458. The second-order valence-corrected chi connectivity index (χ2v) is 5.80. The Morgan fingerprint density at radius 2 is 1.82 bits per heavy atom. The van der Waals surface area contributed by atoms with Gasteiger partial charge in [-0.25, -0.2) is 0 Å². The van der Waals surface area contributed by atoms with Gasteiger partial charge in [-0.3, -0.25) is 14.5 Å². The van der Waals surface area contributed by atoms with Crippen LogP contribution in [0.25, 0.3) is 0 Å². The Labute approximate surface area is 131 Å². The predicted octanol–water partition coefficient (Wildman–Crippen LogP) is 2.35. The summed E-state index contributed by atoms with van der Waals surface area (Å²) < 4.78 is 5.15. The van der Waals surface area contributed by atoms with Crippen molar-refractivity contribution >= 4 is 23.4 Å². The van der Waals surface area contributed by atoms with Crippen molar-refractivity contribution in [3.05, 3.63) is 47.1 Å². The molecule has 2 aliphatic rings. The number of nitrogens with zero attached hydrogens (tertiary/aromatic N) is 3. The molecule has 2 amide bonds. The van der Waals surface area contributed by atoms with Crippen molar-refractivity contribution in [3.63, 3.8) is 0 Å². The first-order chi connectivity index (χ1) is 10.7. The molecule has 0 saturated heterocycles. The molecule has 2 aromatic rings. The summed E-state index contributed by atoms with van der Waals surface area (Å²) in [6.07, 6.45) is 1.30. The number of hydrogen-bond donors (Lipinski definition) is 0.